The fraction of sp³-hybridized carbons (Fsp3) is 0.294. The molecule has 1 atom stereocenters. The van der Waals surface area contributed by atoms with Crippen molar-refractivity contribution in [2.24, 2.45) is 0 Å². The van der Waals surface area contributed by atoms with E-state index in [9.17, 15) is 5.11 Å². The minimum absolute atomic E-state index is 0.287. The van der Waals surface area contributed by atoms with Crippen LogP contribution in [-0.4, -0.2) is 23.8 Å². The third kappa shape index (κ3) is 3.20. The number of anilines is 1. The van der Waals surface area contributed by atoms with Crippen LogP contribution in [0, 0.1) is 18.3 Å². The Morgan fingerprint density at radius 2 is 2.17 bits per heavy atom. The molecular weight excluding hydrogens is 294 g/mol. The molecule has 6 heteroatoms. The van der Waals surface area contributed by atoms with Crippen LogP contribution >= 0.6 is 0 Å². The van der Waals surface area contributed by atoms with Crippen molar-refractivity contribution in [3.8, 4) is 17.7 Å². The molecule has 1 aromatic carbocycles. The minimum atomic E-state index is -1.08. The molecule has 0 aliphatic carbocycles. The van der Waals surface area contributed by atoms with Crippen LogP contribution in [0.2, 0.25) is 0 Å². The average Bonchev–Trinajstić information content (AvgIpc) is 2.57. The van der Waals surface area contributed by atoms with Crippen molar-refractivity contribution < 1.29 is 14.6 Å². The number of benzene rings is 1. The molecule has 0 fully saturated rings. The zero-order valence-electron chi connectivity index (χ0n) is 13.3. The summed E-state index contributed by atoms with van der Waals surface area (Å²) in [6.07, 6.45) is 0.527. The number of aryl methyl sites for hydroxylation is 1. The maximum Gasteiger partial charge on any atom is 0.221 e. The third-order valence-corrected chi connectivity index (χ3v) is 3.53. The van der Waals surface area contributed by atoms with Gasteiger partial charge < -0.3 is 20.3 Å². The van der Waals surface area contributed by atoms with E-state index in [1.807, 2.05) is 19.9 Å². The first-order valence-corrected chi connectivity index (χ1v) is 7.17. The molecule has 0 aliphatic rings. The molecule has 2 rings (SSSR count). The summed E-state index contributed by atoms with van der Waals surface area (Å²) in [5.41, 5.74) is 8.62. The van der Waals surface area contributed by atoms with Gasteiger partial charge in [0.15, 0.2) is 0 Å². The Balaban J connectivity index is 2.59. The number of rotatable bonds is 5. The molecule has 1 heterocycles. The number of aliphatic hydroxyl groups is 1. The number of nitrogen functional groups attached to an aromatic ring is 1. The van der Waals surface area contributed by atoms with Crippen molar-refractivity contribution in [1.82, 2.24) is 4.98 Å². The molecule has 3 N–H and O–H groups in total. The summed E-state index contributed by atoms with van der Waals surface area (Å²) in [4.78, 5) is 4.21. The highest BCUT2D eigenvalue weighted by Crippen LogP contribution is 2.38. The van der Waals surface area contributed by atoms with Crippen molar-refractivity contribution >= 4 is 5.69 Å². The van der Waals surface area contributed by atoms with Gasteiger partial charge in [-0.1, -0.05) is 6.07 Å². The van der Waals surface area contributed by atoms with E-state index in [4.69, 9.17) is 20.5 Å². The molecule has 0 saturated carbocycles. The Hall–Kier alpha value is -2.78. The molecule has 0 amide bonds. The highest BCUT2D eigenvalue weighted by molar-refractivity contribution is 5.60. The summed E-state index contributed by atoms with van der Waals surface area (Å²) >= 11 is 0. The highest BCUT2D eigenvalue weighted by Gasteiger charge is 2.24. The number of aliphatic hydroxyl groups excluding tert-OH is 1. The molecule has 0 aliphatic heterocycles. The van der Waals surface area contributed by atoms with E-state index in [2.05, 4.69) is 4.98 Å². The predicted molar refractivity (Wildman–Crippen MR) is 86.3 cm³/mol. The lowest BCUT2D eigenvalue weighted by Gasteiger charge is -2.20. The Labute approximate surface area is 135 Å². The summed E-state index contributed by atoms with van der Waals surface area (Å²) < 4.78 is 10.8. The van der Waals surface area contributed by atoms with Gasteiger partial charge in [-0.15, -0.1) is 0 Å². The second-order valence-electron chi connectivity index (χ2n) is 4.98. The fourth-order valence-electron chi connectivity index (χ4n) is 2.30. The number of methoxy groups -OCH3 is 1. The number of pyridine rings is 1. The molecule has 1 aromatic heterocycles. The molecular formula is C17H19N3O3. The number of hydrogen-bond acceptors (Lipinski definition) is 6. The Morgan fingerprint density at radius 1 is 1.43 bits per heavy atom. The summed E-state index contributed by atoms with van der Waals surface area (Å²) in [5, 5.41) is 19.8. The van der Waals surface area contributed by atoms with Crippen molar-refractivity contribution in [3.05, 3.63) is 46.6 Å². The lowest BCUT2D eigenvalue weighted by Crippen LogP contribution is -2.11. The fourth-order valence-corrected chi connectivity index (χ4v) is 2.30. The van der Waals surface area contributed by atoms with Gasteiger partial charge in [0, 0.05) is 17.4 Å². The summed E-state index contributed by atoms with van der Waals surface area (Å²) in [6, 6.07) is 6.85. The first-order valence-electron chi connectivity index (χ1n) is 7.17. The smallest absolute Gasteiger partial charge is 0.221 e. The van der Waals surface area contributed by atoms with Gasteiger partial charge in [-0.05, 0) is 31.5 Å². The quantitative estimate of drug-likeness (QED) is 0.878. The Bertz CT molecular complexity index is 753. The first-order chi connectivity index (χ1) is 11.0. The van der Waals surface area contributed by atoms with Crippen LogP contribution in [-0.2, 0) is 0 Å². The lowest BCUT2D eigenvalue weighted by molar-refractivity contribution is 0.206. The van der Waals surface area contributed by atoms with E-state index in [0.29, 0.717) is 34.7 Å². The maximum absolute atomic E-state index is 10.8. The van der Waals surface area contributed by atoms with Gasteiger partial charge in [0.1, 0.15) is 11.9 Å². The average molecular weight is 313 g/mol. The zero-order chi connectivity index (χ0) is 17.0. The van der Waals surface area contributed by atoms with Crippen molar-refractivity contribution in [2.45, 2.75) is 20.0 Å². The largest absolute Gasteiger partial charge is 0.496 e. The molecule has 6 nitrogen and oxygen atoms in total. The number of ether oxygens (including phenoxy) is 2. The van der Waals surface area contributed by atoms with Crippen LogP contribution in [0.25, 0.3) is 0 Å². The number of nitrogens with zero attached hydrogens (tertiary/aromatic N) is 2. The van der Waals surface area contributed by atoms with E-state index < -0.39 is 6.10 Å². The predicted octanol–water partition coefficient (Wildman–Crippen LogP) is 2.33. The van der Waals surface area contributed by atoms with Crippen molar-refractivity contribution in [2.75, 3.05) is 19.5 Å². The third-order valence-electron chi connectivity index (χ3n) is 3.53. The molecule has 0 saturated heterocycles. The van der Waals surface area contributed by atoms with Crippen molar-refractivity contribution in [3.63, 3.8) is 0 Å². The number of hydrogen-bond donors (Lipinski definition) is 2. The van der Waals surface area contributed by atoms with Crippen LogP contribution in [0.5, 0.6) is 11.6 Å². The van der Waals surface area contributed by atoms with E-state index >= 15 is 0 Å². The zero-order valence-corrected chi connectivity index (χ0v) is 13.3. The van der Waals surface area contributed by atoms with Gasteiger partial charge in [-0.2, -0.15) is 5.26 Å². The van der Waals surface area contributed by atoms with Crippen LogP contribution in [0.15, 0.2) is 24.4 Å². The van der Waals surface area contributed by atoms with Gasteiger partial charge in [0.2, 0.25) is 5.88 Å². The lowest BCUT2D eigenvalue weighted by atomic mass is 9.97. The maximum atomic E-state index is 10.8. The van der Waals surface area contributed by atoms with E-state index in [-0.39, 0.29) is 5.88 Å². The Morgan fingerprint density at radius 3 is 2.78 bits per heavy atom. The van der Waals surface area contributed by atoms with Gasteiger partial charge in [-0.25, -0.2) is 4.98 Å². The summed E-state index contributed by atoms with van der Waals surface area (Å²) in [5.74, 6) is 0.689. The molecule has 23 heavy (non-hydrogen) atoms. The molecule has 1 unspecified atom stereocenters. The van der Waals surface area contributed by atoms with E-state index in [0.717, 1.165) is 5.56 Å². The molecule has 2 aromatic rings. The van der Waals surface area contributed by atoms with Crippen LogP contribution in [0.1, 0.15) is 35.3 Å². The monoisotopic (exact) mass is 313 g/mol. The topological polar surface area (TPSA) is 101 Å². The first kappa shape index (κ1) is 16.6. The number of nitriles is 1. The highest BCUT2D eigenvalue weighted by atomic mass is 16.5. The van der Waals surface area contributed by atoms with Crippen LogP contribution < -0.4 is 15.2 Å². The number of nitrogens with two attached hydrogens (primary N) is 1. The van der Waals surface area contributed by atoms with Gasteiger partial charge in [0.25, 0.3) is 0 Å². The molecule has 0 bridgehead atoms. The minimum Gasteiger partial charge on any atom is -0.496 e. The molecule has 120 valence electrons. The second kappa shape index (κ2) is 6.99. The van der Waals surface area contributed by atoms with Crippen molar-refractivity contribution in [1.29, 1.82) is 5.26 Å². The second-order valence-corrected chi connectivity index (χ2v) is 4.98. The SMILES string of the molecule is CCOc1ncc(C)c(N)c1C(O)c1ccc(C#N)cc1OC. The standard InChI is InChI=1S/C17H19N3O3/c1-4-23-17-14(15(19)10(2)9-20-17)16(21)12-6-5-11(8-18)7-13(12)22-3/h5-7,9,16,21H,4H2,1-3H3,(H2,19,20). The van der Waals surface area contributed by atoms with Crippen LogP contribution in [0.3, 0.4) is 0 Å². The van der Waals surface area contributed by atoms with Crippen LogP contribution in [0.4, 0.5) is 5.69 Å². The summed E-state index contributed by atoms with van der Waals surface area (Å²) in [7, 11) is 1.48. The van der Waals surface area contributed by atoms with E-state index in [1.54, 1.807) is 24.4 Å². The summed E-state index contributed by atoms with van der Waals surface area (Å²) in [6.45, 7) is 4.04. The molecule has 0 radical (unpaired) electrons. The number of aromatic nitrogens is 1. The normalized spacial score (nSPS) is 11.6. The van der Waals surface area contributed by atoms with Gasteiger partial charge in [-0.3, -0.25) is 0 Å². The Kier molecular flexibility index (Phi) is 5.04. The van der Waals surface area contributed by atoms with Gasteiger partial charge in [0.05, 0.1) is 30.9 Å². The van der Waals surface area contributed by atoms with Gasteiger partial charge >= 0.3 is 0 Å². The van der Waals surface area contributed by atoms with E-state index in [1.165, 1.54) is 7.11 Å². The molecule has 0 spiro atoms.